The fraction of sp³-hybridized carbons (Fsp3) is 0.769. The van der Waals surface area contributed by atoms with Crippen molar-refractivity contribution in [2.24, 2.45) is 5.92 Å². The molecule has 0 aliphatic rings. The molecule has 1 rings (SSSR count). The van der Waals surface area contributed by atoms with Crippen molar-refractivity contribution in [3.05, 3.63) is 16.1 Å². The van der Waals surface area contributed by atoms with E-state index in [0.717, 1.165) is 12.5 Å². The number of nitrogens with zero attached hydrogens (tertiary/aromatic N) is 1. The third kappa shape index (κ3) is 3.29. The molecule has 0 radical (unpaired) electrons. The Morgan fingerprint density at radius 1 is 1.31 bits per heavy atom. The summed E-state index contributed by atoms with van der Waals surface area (Å²) in [6, 6.07) is 0.502. The lowest BCUT2D eigenvalue weighted by Gasteiger charge is -2.26. The molecule has 0 aliphatic carbocycles. The predicted molar refractivity (Wildman–Crippen MR) is 72.0 cm³/mol. The Morgan fingerprint density at radius 3 is 2.44 bits per heavy atom. The molecule has 0 spiro atoms. The number of hydrogen-bond acceptors (Lipinski definition) is 3. The zero-order valence-electron chi connectivity index (χ0n) is 10.9. The Labute approximate surface area is 103 Å². The summed E-state index contributed by atoms with van der Waals surface area (Å²) in [6.07, 6.45) is 3.65. The lowest BCUT2D eigenvalue weighted by molar-refractivity contribution is 0.344. The van der Waals surface area contributed by atoms with Gasteiger partial charge in [-0.15, -0.1) is 11.3 Å². The highest BCUT2D eigenvalue weighted by Crippen LogP contribution is 2.31. The summed E-state index contributed by atoms with van der Waals surface area (Å²) in [4.78, 5) is 5.81. The van der Waals surface area contributed by atoms with Gasteiger partial charge in [0.2, 0.25) is 0 Å². The largest absolute Gasteiger partial charge is 0.309 e. The maximum atomic E-state index is 4.38. The van der Waals surface area contributed by atoms with Gasteiger partial charge in [0.05, 0.1) is 11.2 Å². The molecule has 1 aromatic heterocycles. The molecular weight excluding hydrogens is 216 g/mol. The standard InChI is InChI=1S/C13H24N2S/c1-5-8-14-12(11(6-2)7-3)13-10(4)15-9-16-13/h9,11-12,14H,5-8H2,1-4H3. The van der Waals surface area contributed by atoms with E-state index in [4.69, 9.17) is 0 Å². The maximum absolute atomic E-state index is 4.38. The summed E-state index contributed by atoms with van der Waals surface area (Å²) in [5.41, 5.74) is 3.17. The van der Waals surface area contributed by atoms with Crippen LogP contribution >= 0.6 is 11.3 Å². The minimum absolute atomic E-state index is 0.502. The van der Waals surface area contributed by atoms with Crippen molar-refractivity contribution in [1.29, 1.82) is 0 Å². The van der Waals surface area contributed by atoms with E-state index >= 15 is 0 Å². The van der Waals surface area contributed by atoms with Crippen molar-refractivity contribution in [3.8, 4) is 0 Å². The van der Waals surface area contributed by atoms with Gasteiger partial charge >= 0.3 is 0 Å². The first-order chi connectivity index (χ1) is 7.74. The van der Waals surface area contributed by atoms with Gasteiger partial charge in [-0.2, -0.15) is 0 Å². The van der Waals surface area contributed by atoms with Crippen LogP contribution in [0.25, 0.3) is 0 Å². The molecule has 0 saturated carbocycles. The van der Waals surface area contributed by atoms with Gasteiger partial charge in [-0.3, -0.25) is 0 Å². The minimum Gasteiger partial charge on any atom is -0.309 e. The second-order valence-corrected chi connectivity index (χ2v) is 5.20. The monoisotopic (exact) mass is 240 g/mol. The number of rotatable bonds is 7. The molecule has 0 saturated heterocycles. The van der Waals surface area contributed by atoms with Gasteiger partial charge in [-0.25, -0.2) is 4.98 Å². The molecule has 1 unspecified atom stereocenters. The molecule has 1 aromatic rings. The highest BCUT2D eigenvalue weighted by molar-refractivity contribution is 7.09. The molecule has 0 amide bonds. The van der Waals surface area contributed by atoms with E-state index in [9.17, 15) is 0 Å². The van der Waals surface area contributed by atoms with Crippen LogP contribution in [0.3, 0.4) is 0 Å². The fourth-order valence-electron chi connectivity index (χ4n) is 2.14. The van der Waals surface area contributed by atoms with Gasteiger partial charge in [0.25, 0.3) is 0 Å². The Kier molecular flexibility index (Phi) is 5.99. The Bertz CT molecular complexity index is 292. The molecule has 0 fully saturated rings. The summed E-state index contributed by atoms with van der Waals surface area (Å²) in [6.45, 7) is 10.0. The van der Waals surface area contributed by atoms with Gasteiger partial charge in [0.15, 0.2) is 0 Å². The SMILES string of the molecule is CCCNC(c1scnc1C)C(CC)CC. The van der Waals surface area contributed by atoms with Crippen molar-refractivity contribution >= 4 is 11.3 Å². The van der Waals surface area contributed by atoms with Crippen LogP contribution in [0.5, 0.6) is 0 Å². The van der Waals surface area contributed by atoms with Crippen LogP contribution in [-0.2, 0) is 0 Å². The van der Waals surface area contributed by atoms with Crippen LogP contribution in [-0.4, -0.2) is 11.5 Å². The molecule has 1 atom stereocenters. The van der Waals surface area contributed by atoms with Gasteiger partial charge in [0.1, 0.15) is 0 Å². The Hall–Kier alpha value is -0.410. The lowest BCUT2D eigenvalue weighted by atomic mass is 9.92. The summed E-state index contributed by atoms with van der Waals surface area (Å²) in [5, 5.41) is 3.68. The summed E-state index contributed by atoms with van der Waals surface area (Å²) in [7, 11) is 0. The molecule has 92 valence electrons. The Morgan fingerprint density at radius 2 is 2.00 bits per heavy atom. The summed E-state index contributed by atoms with van der Waals surface area (Å²) < 4.78 is 0. The van der Waals surface area contributed by atoms with Crippen molar-refractivity contribution in [2.45, 2.75) is 53.0 Å². The van der Waals surface area contributed by atoms with E-state index in [1.54, 1.807) is 11.3 Å². The van der Waals surface area contributed by atoms with E-state index < -0.39 is 0 Å². The maximum Gasteiger partial charge on any atom is 0.0798 e. The van der Waals surface area contributed by atoms with Crippen LogP contribution in [0.1, 0.15) is 56.6 Å². The average molecular weight is 240 g/mol. The minimum atomic E-state index is 0.502. The smallest absolute Gasteiger partial charge is 0.0798 e. The molecule has 2 nitrogen and oxygen atoms in total. The average Bonchev–Trinajstić information content (AvgIpc) is 2.71. The first-order valence-corrected chi connectivity index (χ1v) is 7.25. The summed E-state index contributed by atoms with van der Waals surface area (Å²) in [5.74, 6) is 0.727. The number of nitrogens with one attached hydrogen (secondary N) is 1. The zero-order valence-corrected chi connectivity index (χ0v) is 11.7. The van der Waals surface area contributed by atoms with Crippen LogP contribution < -0.4 is 5.32 Å². The molecular formula is C13H24N2S. The van der Waals surface area contributed by atoms with Crippen molar-refractivity contribution in [1.82, 2.24) is 10.3 Å². The molecule has 1 heterocycles. The van der Waals surface area contributed by atoms with Gasteiger partial charge in [-0.1, -0.05) is 33.6 Å². The van der Waals surface area contributed by atoms with Crippen LogP contribution in [0.4, 0.5) is 0 Å². The number of aromatic nitrogens is 1. The lowest BCUT2D eigenvalue weighted by Crippen LogP contribution is -2.28. The van der Waals surface area contributed by atoms with E-state index in [1.165, 1.54) is 29.8 Å². The number of aryl methyl sites for hydroxylation is 1. The van der Waals surface area contributed by atoms with Crippen molar-refractivity contribution < 1.29 is 0 Å². The Balaban J connectivity index is 2.82. The van der Waals surface area contributed by atoms with Crippen LogP contribution in [0, 0.1) is 12.8 Å². The quantitative estimate of drug-likeness (QED) is 0.781. The molecule has 3 heteroatoms. The number of thiazole rings is 1. The predicted octanol–water partition coefficient (Wildman–Crippen LogP) is 3.93. The first kappa shape index (κ1) is 13.7. The topological polar surface area (TPSA) is 24.9 Å². The molecule has 1 N–H and O–H groups in total. The molecule has 16 heavy (non-hydrogen) atoms. The normalized spacial score (nSPS) is 13.3. The van der Waals surface area contributed by atoms with Gasteiger partial charge in [0, 0.05) is 10.9 Å². The van der Waals surface area contributed by atoms with Crippen LogP contribution in [0.15, 0.2) is 5.51 Å². The highest BCUT2D eigenvalue weighted by Gasteiger charge is 2.22. The first-order valence-electron chi connectivity index (χ1n) is 6.37. The second-order valence-electron chi connectivity index (χ2n) is 4.31. The van der Waals surface area contributed by atoms with Gasteiger partial charge < -0.3 is 5.32 Å². The van der Waals surface area contributed by atoms with E-state index in [-0.39, 0.29) is 0 Å². The third-order valence-electron chi connectivity index (χ3n) is 3.20. The molecule has 0 bridgehead atoms. The molecule has 0 aliphatic heterocycles. The van der Waals surface area contributed by atoms with Gasteiger partial charge in [-0.05, 0) is 25.8 Å². The third-order valence-corrected chi connectivity index (χ3v) is 4.21. The van der Waals surface area contributed by atoms with Crippen molar-refractivity contribution in [2.75, 3.05) is 6.54 Å². The molecule has 0 aromatic carbocycles. The van der Waals surface area contributed by atoms with Crippen molar-refractivity contribution in [3.63, 3.8) is 0 Å². The fourth-order valence-corrected chi connectivity index (χ4v) is 3.11. The summed E-state index contributed by atoms with van der Waals surface area (Å²) >= 11 is 1.79. The van der Waals surface area contributed by atoms with E-state index in [1.807, 2.05) is 5.51 Å². The van der Waals surface area contributed by atoms with Crippen LogP contribution in [0.2, 0.25) is 0 Å². The highest BCUT2D eigenvalue weighted by atomic mass is 32.1. The van der Waals surface area contributed by atoms with E-state index in [0.29, 0.717) is 6.04 Å². The number of hydrogen-bond donors (Lipinski definition) is 1. The zero-order chi connectivity index (χ0) is 12.0. The van der Waals surface area contributed by atoms with E-state index in [2.05, 4.69) is 38.0 Å². The second kappa shape index (κ2) is 7.02.